The van der Waals surface area contributed by atoms with E-state index in [2.05, 4.69) is 0 Å². The molecule has 0 aliphatic carbocycles. The van der Waals surface area contributed by atoms with Gasteiger partial charge < -0.3 is 10.2 Å². The zero-order valence-electron chi connectivity index (χ0n) is 9.78. The van der Waals surface area contributed by atoms with Gasteiger partial charge in [-0.25, -0.2) is 0 Å². The lowest BCUT2D eigenvalue weighted by Gasteiger charge is -2.10. The Labute approximate surface area is 105 Å². The smallest absolute Gasteiger partial charge is 0.195 e. The third-order valence-corrected chi connectivity index (χ3v) is 2.74. The van der Waals surface area contributed by atoms with Gasteiger partial charge in [-0.15, -0.1) is 0 Å². The number of hydrogen-bond donors (Lipinski definition) is 2. The van der Waals surface area contributed by atoms with Gasteiger partial charge in [0.2, 0.25) is 0 Å². The zero-order valence-corrected chi connectivity index (χ0v) is 9.78. The molecule has 0 aliphatic heterocycles. The van der Waals surface area contributed by atoms with Gasteiger partial charge in [0, 0.05) is 6.42 Å². The van der Waals surface area contributed by atoms with Crippen LogP contribution < -0.4 is 0 Å². The predicted octanol–water partition coefficient (Wildman–Crippen LogP) is 2.18. The summed E-state index contributed by atoms with van der Waals surface area (Å²) in [5, 5.41) is 19.5. The highest BCUT2D eigenvalue weighted by atomic mass is 16.3. The molecule has 2 aromatic carbocycles. The third kappa shape index (κ3) is 2.76. The molecule has 0 saturated carbocycles. The van der Waals surface area contributed by atoms with Crippen molar-refractivity contribution in [3.63, 3.8) is 0 Å². The number of Topliss-reactive ketones (excluding diaryl/α,β-unsaturated/α-hetero) is 1. The van der Waals surface area contributed by atoms with E-state index in [0.29, 0.717) is 0 Å². The summed E-state index contributed by atoms with van der Waals surface area (Å²) in [6.07, 6.45) is -0.894. The molecule has 0 bridgehead atoms. The van der Waals surface area contributed by atoms with Crippen molar-refractivity contribution in [2.75, 3.05) is 0 Å². The van der Waals surface area contributed by atoms with Gasteiger partial charge >= 0.3 is 0 Å². The van der Waals surface area contributed by atoms with Crippen molar-refractivity contribution < 1.29 is 15.0 Å². The maximum absolute atomic E-state index is 12.0. The first-order valence-corrected chi connectivity index (χ1v) is 5.72. The molecule has 0 saturated heterocycles. The molecule has 3 heteroatoms. The summed E-state index contributed by atoms with van der Waals surface area (Å²) in [5.74, 6) is -0.563. The van der Waals surface area contributed by atoms with Gasteiger partial charge in [-0.05, 0) is 17.7 Å². The summed E-state index contributed by atoms with van der Waals surface area (Å²) in [7, 11) is 0. The molecule has 1 atom stereocenters. The molecule has 2 N–H and O–H groups in total. The van der Waals surface area contributed by atoms with Gasteiger partial charge in [0.05, 0.1) is 5.56 Å². The van der Waals surface area contributed by atoms with Crippen LogP contribution in [-0.4, -0.2) is 22.1 Å². The van der Waals surface area contributed by atoms with Crippen LogP contribution in [0.5, 0.6) is 5.75 Å². The normalized spacial score (nSPS) is 12.1. The summed E-state index contributed by atoms with van der Waals surface area (Å²) in [6, 6.07) is 15.5. The number of ketones is 1. The Morgan fingerprint density at radius 3 is 2.28 bits per heavy atom. The van der Waals surface area contributed by atoms with Crippen LogP contribution in [0, 0.1) is 0 Å². The van der Waals surface area contributed by atoms with E-state index >= 15 is 0 Å². The Bertz CT molecular complexity index is 534. The molecule has 0 spiro atoms. The van der Waals surface area contributed by atoms with Gasteiger partial charge in [0.1, 0.15) is 11.9 Å². The topological polar surface area (TPSA) is 57.5 Å². The highest BCUT2D eigenvalue weighted by Gasteiger charge is 2.19. The standard InChI is InChI=1S/C15H14O3/c16-13-9-5-4-8-12(13)15(18)14(17)10-11-6-2-1-3-7-11/h1-9,14,16-17H,10H2. The van der Waals surface area contributed by atoms with E-state index in [0.717, 1.165) is 5.56 Å². The van der Waals surface area contributed by atoms with Crippen LogP contribution in [0.15, 0.2) is 54.6 Å². The van der Waals surface area contributed by atoms with Crippen molar-refractivity contribution in [1.82, 2.24) is 0 Å². The van der Waals surface area contributed by atoms with Crippen molar-refractivity contribution in [3.05, 3.63) is 65.7 Å². The van der Waals surface area contributed by atoms with Gasteiger partial charge in [0.15, 0.2) is 5.78 Å². The molecule has 92 valence electrons. The summed E-state index contributed by atoms with van der Waals surface area (Å²) < 4.78 is 0. The first kappa shape index (κ1) is 12.3. The van der Waals surface area contributed by atoms with Crippen molar-refractivity contribution in [2.45, 2.75) is 12.5 Å². The van der Waals surface area contributed by atoms with Gasteiger partial charge in [-0.3, -0.25) is 4.79 Å². The van der Waals surface area contributed by atoms with Crippen LogP contribution in [0.1, 0.15) is 15.9 Å². The second-order valence-electron chi connectivity index (χ2n) is 4.09. The number of phenols is 1. The number of aromatic hydroxyl groups is 1. The van der Waals surface area contributed by atoms with E-state index in [1.54, 1.807) is 12.1 Å². The second kappa shape index (κ2) is 5.47. The molecule has 0 heterocycles. The average molecular weight is 242 g/mol. The molecule has 0 aliphatic rings. The van der Waals surface area contributed by atoms with E-state index in [-0.39, 0.29) is 17.7 Å². The van der Waals surface area contributed by atoms with Crippen LogP contribution in [-0.2, 0) is 6.42 Å². The molecule has 1 unspecified atom stereocenters. The number of hydrogen-bond acceptors (Lipinski definition) is 3. The van der Waals surface area contributed by atoms with Crippen molar-refractivity contribution in [2.24, 2.45) is 0 Å². The number of carbonyl (C=O) groups is 1. The van der Waals surface area contributed by atoms with Crippen LogP contribution in [0.25, 0.3) is 0 Å². The molecule has 18 heavy (non-hydrogen) atoms. The lowest BCUT2D eigenvalue weighted by Crippen LogP contribution is -2.23. The van der Waals surface area contributed by atoms with Crippen LogP contribution in [0.2, 0.25) is 0 Å². The number of carbonyl (C=O) groups excluding carboxylic acids is 1. The SMILES string of the molecule is O=C(c1ccccc1O)C(O)Cc1ccccc1. The lowest BCUT2D eigenvalue weighted by molar-refractivity contribution is 0.0745. The van der Waals surface area contributed by atoms with Gasteiger partial charge in [0.25, 0.3) is 0 Å². The number of benzene rings is 2. The summed E-state index contributed by atoms with van der Waals surface area (Å²) in [4.78, 5) is 12.0. The van der Waals surface area contributed by atoms with Crippen LogP contribution in [0.3, 0.4) is 0 Å². The van der Waals surface area contributed by atoms with E-state index in [4.69, 9.17) is 0 Å². The highest BCUT2D eigenvalue weighted by Crippen LogP contribution is 2.18. The van der Waals surface area contributed by atoms with Crippen LogP contribution in [0.4, 0.5) is 0 Å². The fourth-order valence-electron chi connectivity index (χ4n) is 1.79. The number of rotatable bonds is 4. The third-order valence-electron chi connectivity index (χ3n) is 2.74. The molecule has 0 amide bonds. The largest absolute Gasteiger partial charge is 0.507 e. The van der Waals surface area contributed by atoms with E-state index < -0.39 is 11.9 Å². The minimum atomic E-state index is -1.14. The maximum atomic E-state index is 12.0. The Morgan fingerprint density at radius 2 is 1.61 bits per heavy atom. The first-order chi connectivity index (χ1) is 8.68. The van der Waals surface area contributed by atoms with E-state index in [9.17, 15) is 15.0 Å². The number of phenolic OH excluding ortho intramolecular Hbond substituents is 1. The monoisotopic (exact) mass is 242 g/mol. The molecular formula is C15H14O3. The van der Waals surface area contributed by atoms with Crippen molar-refractivity contribution in [1.29, 1.82) is 0 Å². The predicted molar refractivity (Wildman–Crippen MR) is 68.6 cm³/mol. The molecule has 0 radical (unpaired) electrons. The summed E-state index contributed by atoms with van der Waals surface area (Å²) in [6.45, 7) is 0. The van der Waals surface area contributed by atoms with E-state index in [1.807, 2.05) is 30.3 Å². The van der Waals surface area contributed by atoms with Crippen molar-refractivity contribution in [3.8, 4) is 5.75 Å². The van der Waals surface area contributed by atoms with Gasteiger partial charge in [-0.1, -0.05) is 42.5 Å². The Morgan fingerprint density at radius 1 is 1.00 bits per heavy atom. The zero-order chi connectivity index (χ0) is 13.0. The van der Waals surface area contributed by atoms with E-state index in [1.165, 1.54) is 12.1 Å². The minimum absolute atomic E-state index is 0.102. The maximum Gasteiger partial charge on any atom is 0.195 e. The Balaban J connectivity index is 2.13. The number of para-hydroxylation sites is 1. The molecule has 0 fully saturated rings. The summed E-state index contributed by atoms with van der Waals surface area (Å²) >= 11 is 0. The van der Waals surface area contributed by atoms with Crippen molar-refractivity contribution >= 4 is 5.78 Å². The Kier molecular flexibility index (Phi) is 3.75. The average Bonchev–Trinajstić information content (AvgIpc) is 2.39. The Hall–Kier alpha value is -2.13. The summed E-state index contributed by atoms with van der Waals surface area (Å²) in [5.41, 5.74) is 1.04. The molecule has 0 aromatic heterocycles. The highest BCUT2D eigenvalue weighted by molar-refractivity contribution is 6.01. The minimum Gasteiger partial charge on any atom is -0.507 e. The first-order valence-electron chi connectivity index (χ1n) is 5.72. The molecule has 3 nitrogen and oxygen atoms in total. The quantitative estimate of drug-likeness (QED) is 0.808. The van der Waals surface area contributed by atoms with Gasteiger partial charge in [-0.2, -0.15) is 0 Å². The molecule has 2 aromatic rings. The fourth-order valence-corrected chi connectivity index (χ4v) is 1.79. The number of aliphatic hydroxyl groups is 1. The number of aliphatic hydroxyl groups excluding tert-OH is 1. The fraction of sp³-hybridized carbons (Fsp3) is 0.133. The van der Waals surface area contributed by atoms with Crippen LogP contribution >= 0.6 is 0 Å². The second-order valence-corrected chi connectivity index (χ2v) is 4.09. The molecule has 2 rings (SSSR count). The molecular weight excluding hydrogens is 228 g/mol. The lowest BCUT2D eigenvalue weighted by atomic mass is 9.99.